The number of hydrogen-bond donors (Lipinski definition) is 2. The van der Waals surface area contributed by atoms with Crippen molar-refractivity contribution in [3.8, 4) is 0 Å². The molecular weight excluding hydrogens is 300 g/mol. The first-order chi connectivity index (χ1) is 10.6. The van der Waals surface area contributed by atoms with Crippen molar-refractivity contribution in [2.24, 2.45) is 11.7 Å². The van der Waals surface area contributed by atoms with Gasteiger partial charge in [0.15, 0.2) is 5.13 Å². The molecule has 1 aromatic heterocycles. The Hall–Kier alpha value is -1.47. The van der Waals surface area contributed by atoms with E-state index in [1.54, 1.807) is 11.1 Å². The standard InChI is InChI=1S/C15H22N4O2S/c16-11-4-1-3-10(9-11)14(21)19-7-2-5-12(19)13(20)18-15-17-6-8-22-15/h6,8,10-12H,1-5,7,9,16H2,(H,17,18,20). The van der Waals surface area contributed by atoms with Crippen LogP contribution in [0.4, 0.5) is 5.13 Å². The van der Waals surface area contributed by atoms with E-state index < -0.39 is 0 Å². The maximum Gasteiger partial charge on any atom is 0.248 e. The van der Waals surface area contributed by atoms with Crippen LogP contribution in [0.25, 0.3) is 0 Å². The zero-order chi connectivity index (χ0) is 15.5. The average Bonchev–Trinajstić information content (AvgIpc) is 3.17. The fourth-order valence-electron chi connectivity index (χ4n) is 3.46. The molecule has 6 nitrogen and oxygen atoms in total. The number of nitrogens with two attached hydrogens (primary N) is 1. The number of rotatable bonds is 3. The van der Waals surface area contributed by atoms with Crippen LogP contribution in [0.1, 0.15) is 38.5 Å². The summed E-state index contributed by atoms with van der Waals surface area (Å²) in [5, 5.41) is 5.21. The molecule has 0 bridgehead atoms. The topological polar surface area (TPSA) is 88.3 Å². The highest BCUT2D eigenvalue weighted by molar-refractivity contribution is 7.13. The van der Waals surface area contributed by atoms with Crippen LogP contribution in [-0.4, -0.2) is 40.3 Å². The van der Waals surface area contributed by atoms with Crippen LogP contribution < -0.4 is 11.1 Å². The Kier molecular flexibility index (Phi) is 4.73. The van der Waals surface area contributed by atoms with E-state index in [1.807, 2.05) is 5.38 Å². The number of amides is 2. The highest BCUT2D eigenvalue weighted by Gasteiger charge is 2.38. The van der Waals surface area contributed by atoms with Crippen LogP contribution in [-0.2, 0) is 9.59 Å². The van der Waals surface area contributed by atoms with E-state index in [2.05, 4.69) is 10.3 Å². The Morgan fingerprint density at radius 1 is 1.32 bits per heavy atom. The summed E-state index contributed by atoms with van der Waals surface area (Å²) in [4.78, 5) is 31.0. The summed E-state index contributed by atoms with van der Waals surface area (Å²) >= 11 is 1.38. The van der Waals surface area contributed by atoms with Crippen molar-refractivity contribution in [1.29, 1.82) is 0 Å². The van der Waals surface area contributed by atoms with E-state index in [4.69, 9.17) is 5.73 Å². The summed E-state index contributed by atoms with van der Waals surface area (Å²) < 4.78 is 0. The smallest absolute Gasteiger partial charge is 0.248 e. The van der Waals surface area contributed by atoms with Crippen LogP contribution >= 0.6 is 11.3 Å². The second-order valence-corrected chi connectivity index (χ2v) is 7.03. The highest BCUT2D eigenvalue weighted by Crippen LogP contribution is 2.29. The lowest BCUT2D eigenvalue weighted by Gasteiger charge is -2.31. The molecule has 2 heterocycles. The van der Waals surface area contributed by atoms with Crippen LogP contribution in [0.15, 0.2) is 11.6 Å². The van der Waals surface area contributed by atoms with Gasteiger partial charge in [0.1, 0.15) is 6.04 Å². The molecule has 1 aliphatic carbocycles. The largest absolute Gasteiger partial charge is 0.330 e. The SMILES string of the molecule is NC1CCCC(C(=O)N2CCCC2C(=O)Nc2nccs2)C1. The predicted octanol–water partition coefficient (Wildman–Crippen LogP) is 1.59. The van der Waals surface area contributed by atoms with Gasteiger partial charge in [0.05, 0.1) is 0 Å². The van der Waals surface area contributed by atoms with E-state index in [-0.39, 0.29) is 29.8 Å². The summed E-state index contributed by atoms with van der Waals surface area (Å²) in [6.45, 7) is 0.667. The summed E-state index contributed by atoms with van der Waals surface area (Å²) in [5.74, 6) is -0.0372. The van der Waals surface area contributed by atoms with Crippen molar-refractivity contribution in [1.82, 2.24) is 9.88 Å². The second kappa shape index (κ2) is 6.75. The summed E-state index contributed by atoms with van der Waals surface area (Å²) in [5.41, 5.74) is 5.99. The van der Waals surface area contributed by atoms with Crippen molar-refractivity contribution in [2.75, 3.05) is 11.9 Å². The van der Waals surface area contributed by atoms with E-state index in [1.165, 1.54) is 11.3 Å². The van der Waals surface area contributed by atoms with E-state index in [9.17, 15) is 9.59 Å². The van der Waals surface area contributed by atoms with Crippen molar-refractivity contribution < 1.29 is 9.59 Å². The predicted molar refractivity (Wildman–Crippen MR) is 85.4 cm³/mol. The van der Waals surface area contributed by atoms with Gasteiger partial charge in [0, 0.05) is 30.1 Å². The molecule has 2 amide bonds. The Labute approximate surface area is 134 Å². The maximum atomic E-state index is 12.7. The molecule has 120 valence electrons. The van der Waals surface area contributed by atoms with E-state index >= 15 is 0 Å². The van der Waals surface area contributed by atoms with Crippen LogP contribution in [0.2, 0.25) is 0 Å². The van der Waals surface area contributed by atoms with Gasteiger partial charge in [-0.3, -0.25) is 9.59 Å². The van der Waals surface area contributed by atoms with Gasteiger partial charge in [0.2, 0.25) is 11.8 Å². The molecule has 22 heavy (non-hydrogen) atoms. The molecule has 1 aromatic rings. The first kappa shape index (κ1) is 15.4. The molecule has 3 N–H and O–H groups in total. The highest BCUT2D eigenvalue weighted by atomic mass is 32.1. The zero-order valence-electron chi connectivity index (χ0n) is 12.5. The van der Waals surface area contributed by atoms with Crippen molar-refractivity contribution in [3.05, 3.63) is 11.6 Å². The third-order valence-corrected chi connectivity index (χ3v) is 5.25. The first-order valence-electron chi connectivity index (χ1n) is 7.91. The van der Waals surface area contributed by atoms with Gasteiger partial charge in [-0.1, -0.05) is 6.42 Å². The Morgan fingerprint density at radius 3 is 2.91 bits per heavy atom. The van der Waals surface area contributed by atoms with Gasteiger partial charge >= 0.3 is 0 Å². The lowest BCUT2D eigenvalue weighted by molar-refractivity contribution is -0.141. The minimum absolute atomic E-state index is 0.0167. The Bertz CT molecular complexity index is 534. The van der Waals surface area contributed by atoms with E-state index in [0.29, 0.717) is 11.7 Å². The molecule has 2 aliphatic rings. The van der Waals surface area contributed by atoms with Gasteiger partial charge in [-0.05, 0) is 32.1 Å². The second-order valence-electron chi connectivity index (χ2n) is 6.14. The molecule has 0 aromatic carbocycles. The number of nitrogens with zero attached hydrogens (tertiary/aromatic N) is 2. The number of likely N-dealkylation sites (tertiary alicyclic amines) is 1. The monoisotopic (exact) mass is 322 g/mol. The lowest BCUT2D eigenvalue weighted by Crippen LogP contribution is -2.47. The number of carbonyl (C=O) groups is 2. The van der Waals surface area contributed by atoms with Gasteiger partial charge in [-0.25, -0.2) is 4.98 Å². The molecule has 1 saturated carbocycles. The minimum atomic E-state index is -0.366. The van der Waals surface area contributed by atoms with Gasteiger partial charge in [0.25, 0.3) is 0 Å². The molecule has 2 fully saturated rings. The number of hydrogen-bond acceptors (Lipinski definition) is 5. The molecule has 1 aliphatic heterocycles. The van der Waals surface area contributed by atoms with Gasteiger partial charge in [-0.2, -0.15) is 0 Å². The number of carbonyl (C=O) groups excluding carboxylic acids is 2. The van der Waals surface area contributed by atoms with Crippen molar-refractivity contribution in [3.63, 3.8) is 0 Å². The average molecular weight is 322 g/mol. The molecule has 1 saturated heterocycles. The third kappa shape index (κ3) is 3.30. The number of anilines is 1. The molecular formula is C15H22N4O2S. The summed E-state index contributed by atoms with van der Waals surface area (Å²) in [6.07, 6.45) is 6.89. The molecule has 0 radical (unpaired) electrons. The molecule has 3 rings (SSSR count). The Balaban J connectivity index is 1.64. The van der Waals surface area contributed by atoms with Gasteiger partial charge in [-0.15, -0.1) is 11.3 Å². The van der Waals surface area contributed by atoms with Crippen molar-refractivity contribution in [2.45, 2.75) is 50.6 Å². The van der Waals surface area contributed by atoms with Crippen LogP contribution in [0, 0.1) is 5.92 Å². The van der Waals surface area contributed by atoms with Gasteiger partial charge < -0.3 is 16.0 Å². The molecule has 3 atom stereocenters. The number of thiazole rings is 1. The fraction of sp³-hybridized carbons (Fsp3) is 0.667. The molecule has 0 spiro atoms. The quantitative estimate of drug-likeness (QED) is 0.884. The summed E-state index contributed by atoms with van der Waals surface area (Å²) in [6, 6.07) is -0.248. The first-order valence-corrected chi connectivity index (χ1v) is 8.79. The summed E-state index contributed by atoms with van der Waals surface area (Å²) in [7, 11) is 0. The lowest BCUT2D eigenvalue weighted by atomic mass is 9.85. The number of aromatic nitrogens is 1. The van der Waals surface area contributed by atoms with Crippen LogP contribution in [0.5, 0.6) is 0 Å². The number of nitrogens with one attached hydrogen (secondary N) is 1. The van der Waals surface area contributed by atoms with Crippen molar-refractivity contribution >= 4 is 28.3 Å². The molecule has 3 unspecified atom stereocenters. The fourth-order valence-corrected chi connectivity index (χ4v) is 4.00. The Morgan fingerprint density at radius 2 is 2.18 bits per heavy atom. The van der Waals surface area contributed by atoms with E-state index in [0.717, 1.165) is 38.5 Å². The molecule has 7 heteroatoms. The minimum Gasteiger partial charge on any atom is -0.330 e. The third-order valence-electron chi connectivity index (χ3n) is 4.56. The normalized spacial score (nSPS) is 28.6. The van der Waals surface area contributed by atoms with Crippen LogP contribution in [0.3, 0.4) is 0 Å². The maximum absolute atomic E-state index is 12.7. The zero-order valence-corrected chi connectivity index (χ0v) is 13.3.